The molecule has 2 amide bonds. The van der Waals surface area contributed by atoms with Crippen molar-refractivity contribution in [2.24, 2.45) is 4.99 Å². The van der Waals surface area contributed by atoms with Crippen molar-refractivity contribution in [1.82, 2.24) is 14.9 Å². The number of rotatable bonds is 5. The predicted molar refractivity (Wildman–Crippen MR) is 164 cm³/mol. The Bertz CT molecular complexity index is 1910. The normalized spacial score (nSPS) is 12.8. The number of amides is 2. The van der Waals surface area contributed by atoms with Gasteiger partial charge in [-0.2, -0.15) is 13.2 Å². The smallest absolute Gasteiger partial charge is 0.322 e. The van der Waals surface area contributed by atoms with Crippen LogP contribution in [-0.2, 0) is 6.18 Å². The maximum atomic E-state index is 13.7. The zero-order chi connectivity index (χ0) is 31.0. The van der Waals surface area contributed by atoms with Crippen molar-refractivity contribution in [3.63, 3.8) is 0 Å². The van der Waals surface area contributed by atoms with Crippen LogP contribution >= 0.6 is 11.3 Å². The summed E-state index contributed by atoms with van der Waals surface area (Å²) in [5, 5.41) is 7.56. The molecule has 0 aliphatic carbocycles. The summed E-state index contributed by atoms with van der Waals surface area (Å²) >= 11 is 1.44. The summed E-state index contributed by atoms with van der Waals surface area (Å²) in [6.45, 7) is 3.84. The molecule has 3 aromatic carbocycles. The van der Waals surface area contributed by atoms with Crippen molar-refractivity contribution in [3.8, 4) is 5.69 Å². The molecule has 44 heavy (non-hydrogen) atoms. The van der Waals surface area contributed by atoms with Gasteiger partial charge in [-0.3, -0.25) is 9.59 Å². The number of benzene rings is 3. The third kappa shape index (κ3) is 5.84. The third-order valence-electron chi connectivity index (χ3n) is 7.06. The number of hydrogen-bond acceptors (Lipinski definition) is 6. The number of hydrogen-bond donors (Lipinski definition) is 2. The second-order valence-electron chi connectivity index (χ2n) is 10.2. The topological polar surface area (TPSA) is 91.6 Å². The molecule has 6 rings (SSSR count). The maximum absolute atomic E-state index is 13.7. The Balaban J connectivity index is 1.26. The van der Waals surface area contributed by atoms with Crippen LogP contribution < -0.4 is 15.5 Å². The molecule has 1 aliphatic rings. The highest BCUT2D eigenvalue weighted by Gasteiger charge is 2.32. The van der Waals surface area contributed by atoms with Crippen LogP contribution in [0.25, 0.3) is 5.69 Å². The summed E-state index contributed by atoms with van der Waals surface area (Å²) in [6.07, 6.45) is -1.66. The van der Waals surface area contributed by atoms with Gasteiger partial charge in [-0.05, 0) is 73.3 Å². The summed E-state index contributed by atoms with van der Waals surface area (Å²) in [5.74, 6) is -0.489. The molecule has 0 fully saturated rings. The number of anilines is 3. The SMILES string of the molecule is Cc1cn(-c2cc(C(=O)Nc3ccc(C)c(N4CN=C(NC(=O)c5ccccc5)c5sccc54)c3)cc(C(F)(F)F)c2)cn1. The van der Waals surface area contributed by atoms with Crippen molar-refractivity contribution in [2.45, 2.75) is 20.0 Å². The van der Waals surface area contributed by atoms with Crippen molar-refractivity contribution in [1.29, 1.82) is 0 Å². The van der Waals surface area contributed by atoms with E-state index in [9.17, 15) is 22.8 Å². The number of nitrogens with one attached hydrogen (secondary N) is 2. The van der Waals surface area contributed by atoms with Crippen LogP contribution in [0.3, 0.4) is 0 Å². The van der Waals surface area contributed by atoms with E-state index in [-0.39, 0.29) is 23.8 Å². The third-order valence-corrected chi connectivity index (χ3v) is 7.97. The van der Waals surface area contributed by atoms with Crippen LogP contribution in [0.15, 0.2) is 95.7 Å². The van der Waals surface area contributed by atoms with E-state index in [1.54, 1.807) is 49.5 Å². The molecule has 0 atom stereocenters. The molecular weight excluding hydrogens is 589 g/mol. The fourth-order valence-corrected chi connectivity index (χ4v) is 5.71. The second-order valence-corrected chi connectivity index (χ2v) is 11.1. The van der Waals surface area contributed by atoms with Crippen LogP contribution in [0.1, 0.15) is 42.4 Å². The zero-order valence-electron chi connectivity index (χ0n) is 23.5. The largest absolute Gasteiger partial charge is 0.416 e. The first-order chi connectivity index (χ1) is 21.1. The number of carbonyl (C=O) groups is 2. The van der Waals surface area contributed by atoms with Gasteiger partial charge in [-0.25, -0.2) is 9.98 Å². The quantitative estimate of drug-likeness (QED) is 0.221. The van der Waals surface area contributed by atoms with E-state index in [0.29, 0.717) is 22.8 Å². The van der Waals surface area contributed by atoms with Crippen LogP contribution in [0.2, 0.25) is 0 Å². The first-order valence-corrected chi connectivity index (χ1v) is 14.4. The van der Waals surface area contributed by atoms with Gasteiger partial charge in [0.1, 0.15) is 12.5 Å². The molecule has 1 aliphatic heterocycles. The Morgan fingerprint density at radius 1 is 0.886 bits per heavy atom. The molecule has 3 heterocycles. The summed E-state index contributed by atoms with van der Waals surface area (Å²) in [7, 11) is 0. The molecule has 2 N–H and O–H groups in total. The van der Waals surface area contributed by atoms with Gasteiger partial charge in [0.2, 0.25) is 0 Å². The molecule has 8 nitrogen and oxygen atoms in total. The van der Waals surface area contributed by atoms with Crippen LogP contribution in [0, 0.1) is 13.8 Å². The van der Waals surface area contributed by atoms with E-state index in [0.717, 1.165) is 33.9 Å². The molecule has 0 saturated carbocycles. The van der Waals surface area contributed by atoms with E-state index in [4.69, 9.17) is 0 Å². The number of thiophene rings is 1. The highest BCUT2D eigenvalue weighted by Crippen LogP contribution is 2.38. The predicted octanol–water partition coefficient (Wildman–Crippen LogP) is 7.11. The highest BCUT2D eigenvalue weighted by molar-refractivity contribution is 7.12. The Morgan fingerprint density at radius 2 is 1.66 bits per heavy atom. The summed E-state index contributed by atoms with van der Waals surface area (Å²) in [6, 6.07) is 19.3. The minimum atomic E-state index is -4.65. The van der Waals surface area contributed by atoms with Gasteiger partial charge < -0.3 is 20.1 Å². The summed E-state index contributed by atoms with van der Waals surface area (Å²) in [4.78, 5) is 37.5. The molecule has 5 aromatic rings. The van der Waals surface area contributed by atoms with E-state index in [1.165, 1.54) is 28.3 Å². The average molecular weight is 615 g/mol. The fourth-order valence-electron chi connectivity index (χ4n) is 4.85. The van der Waals surface area contributed by atoms with Gasteiger partial charge in [0.05, 0.1) is 28.1 Å². The Morgan fingerprint density at radius 3 is 2.39 bits per heavy atom. The first kappa shape index (κ1) is 28.9. The van der Waals surface area contributed by atoms with Gasteiger partial charge in [0.15, 0.2) is 0 Å². The number of amidine groups is 1. The molecule has 12 heteroatoms. The Hall–Kier alpha value is -5.23. The van der Waals surface area contributed by atoms with Crippen LogP contribution in [0.5, 0.6) is 0 Å². The van der Waals surface area contributed by atoms with E-state index >= 15 is 0 Å². The number of imidazole rings is 1. The lowest BCUT2D eigenvalue weighted by Gasteiger charge is -2.29. The van der Waals surface area contributed by atoms with E-state index in [1.807, 2.05) is 35.4 Å². The van der Waals surface area contributed by atoms with E-state index < -0.39 is 17.6 Å². The molecule has 222 valence electrons. The van der Waals surface area contributed by atoms with Gasteiger partial charge >= 0.3 is 6.18 Å². The Kier molecular flexibility index (Phi) is 7.52. The number of carbonyl (C=O) groups excluding carboxylic acids is 2. The number of aliphatic imine (C=N–C) groups is 1. The van der Waals surface area contributed by atoms with Crippen molar-refractivity contribution in [2.75, 3.05) is 16.9 Å². The molecule has 2 aromatic heterocycles. The van der Waals surface area contributed by atoms with E-state index in [2.05, 4.69) is 20.6 Å². The monoisotopic (exact) mass is 614 g/mol. The van der Waals surface area contributed by atoms with Crippen LogP contribution in [0.4, 0.5) is 30.2 Å². The number of fused-ring (bicyclic) bond motifs is 1. The zero-order valence-corrected chi connectivity index (χ0v) is 24.3. The minimum Gasteiger partial charge on any atom is -0.322 e. The van der Waals surface area contributed by atoms with Gasteiger partial charge in [-0.1, -0.05) is 24.3 Å². The number of aryl methyl sites for hydroxylation is 2. The number of aromatic nitrogens is 2. The molecule has 0 bridgehead atoms. The first-order valence-electron chi connectivity index (χ1n) is 13.5. The maximum Gasteiger partial charge on any atom is 0.416 e. The standard InChI is InChI=1S/C32H25F3N6O2S/c1-19-8-9-24(38-31(43)22-12-23(32(33,34)35)14-25(13-22)40-16-20(2)36-17-40)15-27(19)41-18-37-29(28-26(41)10-11-44-28)39-30(42)21-6-4-3-5-7-21/h3-17H,18H2,1-2H3,(H,38,43)(H,37,39,42). The molecule has 0 spiro atoms. The second kappa shape index (κ2) is 11.5. The molecular formula is C32H25F3N6O2S. The van der Waals surface area contributed by atoms with Crippen molar-refractivity contribution in [3.05, 3.63) is 124 Å². The molecule has 0 saturated heterocycles. The Labute approximate surface area is 254 Å². The molecule has 0 unspecified atom stereocenters. The lowest BCUT2D eigenvalue weighted by molar-refractivity contribution is -0.137. The van der Waals surface area contributed by atoms with Gasteiger partial charge in [0, 0.05) is 34.4 Å². The van der Waals surface area contributed by atoms with Gasteiger partial charge in [0.25, 0.3) is 11.8 Å². The average Bonchev–Trinajstić information content (AvgIpc) is 3.68. The van der Waals surface area contributed by atoms with Gasteiger partial charge in [-0.15, -0.1) is 11.3 Å². The van der Waals surface area contributed by atoms with Crippen LogP contribution in [-0.4, -0.2) is 33.9 Å². The highest BCUT2D eigenvalue weighted by atomic mass is 32.1. The lowest BCUT2D eigenvalue weighted by Crippen LogP contribution is -2.36. The minimum absolute atomic E-state index is 0.148. The van der Waals surface area contributed by atoms with Crippen molar-refractivity contribution < 1.29 is 22.8 Å². The number of halogens is 3. The molecule has 0 radical (unpaired) electrons. The number of alkyl halides is 3. The summed E-state index contributed by atoms with van der Waals surface area (Å²) in [5.41, 5.74) is 3.09. The number of nitrogens with zero attached hydrogens (tertiary/aromatic N) is 4. The van der Waals surface area contributed by atoms with Crippen molar-refractivity contribution >= 4 is 46.0 Å². The lowest BCUT2D eigenvalue weighted by atomic mass is 10.1. The summed E-state index contributed by atoms with van der Waals surface area (Å²) < 4.78 is 42.7. The fraction of sp³-hybridized carbons (Fsp3) is 0.125.